The van der Waals surface area contributed by atoms with Gasteiger partial charge in [0.15, 0.2) is 0 Å². The Hall–Kier alpha value is -1.69. The second kappa shape index (κ2) is 7.92. The molecule has 1 atom stereocenters. The number of para-hydroxylation sites is 1. The predicted molar refractivity (Wildman–Crippen MR) is 95.0 cm³/mol. The van der Waals surface area contributed by atoms with Gasteiger partial charge in [-0.05, 0) is 31.0 Å². The van der Waals surface area contributed by atoms with Crippen LogP contribution >= 0.6 is 11.6 Å². The number of carbonyl (C=O) groups is 1. The third kappa shape index (κ3) is 4.23. The topological polar surface area (TPSA) is 54.5 Å². The number of halogens is 1. The summed E-state index contributed by atoms with van der Waals surface area (Å²) in [5, 5.41) is 4.67. The molecule has 6 heteroatoms. The lowest BCUT2D eigenvalue weighted by atomic mass is 10.1. The summed E-state index contributed by atoms with van der Waals surface area (Å²) in [5.74, 6) is 0.427. The average molecular weight is 348 g/mol. The molecule has 0 saturated carbocycles. The number of amides is 1. The van der Waals surface area contributed by atoms with E-state index in [0.717, 1.165) is 42.7 Å². The average Bonchev–Trinajstić information content (AvgIpc) is 3.01. The van der Waals surface area contributed by atoms with Gasteiger partial charge in [-0.25, -0.2) is 4.98 Å². The Morgan fingerprint density at radius 1 is 1.42 bits per heavy atom. The van der Waals surface area contributed by atoms with Gasteiger partial charge in [0.1, 0.15) is 6.61 Å². The molecule has 3 rings (SSSR count). The van der Waals surface area contributed by atoms with Crippen LogP contribution in [-0.2, 0) is 16.1 Å². The molecule has 0 aliphatic carbocycles. The normalized spacial score (nSPS) is 18.2. The number of benzene rings is 1. The zero-order chi connectivity index (χ0) is 16.9. The van der Waals surface area contributed by atoms with Crippen LogP contribution in [0.2, 0.25) is 5.02 Å². The first-order chi connectivity index (χ1) is 11.7. The molecular formula is C18H22ClN3O2. The SMILES string of the molecule is COCC(=O)NC[C@H]1CCN(Cc2ccc3cccc(Cl)c3n2)C1. The van der Waals surface area contributed by atoms with E-state index in [9.17, 15) is 4.79 Å². The number of methoxy groups -OCH3 is 1. The van der Waals surface area contributed by atoms with Gasteiger partial charge >= 0.3 is 0 Å². The Morgan fingerprint density at radius 3 is 3.12 bits per heavy atom. The number of likely N-dealkylation sites (tertiary alicyclic amines) is 1. The Morgan fingerprint density at radius 2 is 2.29 bits per heavy atom. The monoisotopic (exact) mass is 347 g/mol. The molecule has 5 nitrogen and oxygen atoms in total. The number of nitrogens with one attached hydrogen (secondary N) is 1. The molecule has 1 amide bonds. The van der Waals surface area contributed by atoms with Gasteiger partial charge in [0.05, 0.1) is 16.2 Å². The van der Waals surface area contributed by atoms with E-state index in [4.69, 9.17) is 21.3 Å². The summed E-state index contributed by atoms with van der Waals surface area (Å²) in [4.78, 5) is 18.5. The lowest BCUT2D eigenvalue weighted by Gasteiger charge is -2.16. The van der Waals surface area contributed by atoms with E-state index in [-0.39, 0.29) is 12.5 Å². The molecular weight excluding hydrogens is 326 g/mol. The first-order valence-electron chi connectivity index (χ1n) is 8.18. The number of aromatic nitrogens is 1. The molecule has 1 aliphatic heterocycles. The van der Waals surface area contributed by atoms with Crippen LogP contribution in [0.3, 0.4) is 0 Å². The maximum atomic E-state index is 11.5. The van der Waals surface area contributed by atoms with Crippen molar-refractivity contribution in [2.75, 3.05) is 33.4 Å². The molecule has 0 bridgehead atoms. The van der Waals surface area contributed by atoms with E-state index in [1.54, 1.807) is 0 Å². The summed E-state index contributed by atoms with van der Waals surface area (Å²) in [5.41, 5.74) is 1.89. The highest BCUT2D eigenvalue weighted by atomic mass is 35.5. The van der Waals surface area contributed by atoms with Gasteiger partial charge in [0, 0.05) is 32.1 Å². The van der Waals surface area contributed by atoms with Crippen molar-refractivity contribution in [3.8, 4) is 0 Å². The maximum absolute atomic E-state index is 11.5. The summed E-state index contributed by atoms with van der Waals surface area (Å²) in [7, 11) is 1.53. The first-order valence-corrected chi connectivity index (χ1v) is 8.55. The molecule has 128 valence electrons. The van der Waals surface area contributed by atoms with Crippen LogP contribution in [0, 0.1) is 5.92 Å². The minimum atomic E-state index is -0.0539. The second-order valence-electron chi connectivity index (χ2n) is 6.24. The summed E-state index contributed by atoms with van der Waals surface area (Å²) >= 11 is 6.24. The number of hydrogen-bond acceptors (Lipinski definition) is 4. The number of ether oxygens (including phenoxy) is 1. The van der Waals surface area contributed by atoms with Crippen LogP contribution < -0.4 is 5.32 Å². The Kier molecular flexibility index (Phi) is 5.66. The fraction of sp³-hybridized carbons (Fsp3) is 0.444. The number of nitrogens with zero attached hydrogens (tertiary/aromatic N) is 2. The van der Waals surface area contributed by atoms with Crippen LogP contribution in [0.15, 0.2) is 30.3 Å². The van der Waals surface area contributed by atoms with Crippen molar-refractivity contribution in [3.05, 3.63) is 41.0 Å². The van der Waals surface area contributed by atoms with Gasteiger partial charge in [0.25, 0.3) is 0 Å². The van der Waals surface area contributed by atoms with E-state index in [1.165, 1.54) is 7.11 Å². The van der Waals surface area contributed by atoms with Crippen LogP contribution in [0.5, 0.6) is 0 Å². The van der Waals surface area contributed by atoms with E-state index >= 15 is 0 Å². The van der Waals surface area contributed by atoms with Crippen molar-refractivity contribution in [1.29, 1.82) is 0 Å². The lowest BCUT2D eigenvalue weighted by Crippen LogP contribution is -2.33. The molecule has 1 aliphatic rings. The van der Waals surface area contributed by atoms with E-state index in [1.807, 2.05) is 18.2 Å². The number of carbonyl (C=O) groups excluding carboxylic acids is 1. The summed E-state index contributed by atoms with van der Waals surface area (Å²) in [6.45, 7) is 3.63. The van der Waals surface area contributed by atoms with E-state index in [2.05, 4.69) is 22.3 Å². The second-order valence-corrected chi connectivity index (χ2v) is 6.65. The molecule has 1 saturated heterocycles. The van der Waals surface area contributed by atoms with E-state index < -0.39 is 0 Å². The third-order valence-electron chi connectivity index (χ3n) is 4.35. The Bertz CT molecular complexity index is 722. The first kappa shape index (κ1) is 17.1. The molecule has 0 radical (unpaired) electrons. The predicted octanol–water partition coefficient (Wildman–Crippen LogP) is 2.47. The highest BCUT2D eigenvalue weighted by molar-refractivity contribution is 6.35. The highest BCUT2D eigenvalue weighted by Crippen LogP contribution is 2.23. The van der Waals surface area contributed by atoms with Crippen LogP contribution in [0.1, 0.15) is 12.1 Å². The molecule has 1 aromatic heterocycles. The highest BCUT2D eigenvalue weighted by Gasteiger charge is 2.23. The minimum Gasteiger partial charge on any atom is -0.375 e. The zero-order valence-electron chi connectivity index (χ0n) is 13.8. The molecule has 2 aromatic rings. The van der Waals surface area contributed by atoms with Gasteiger partial charge in [-0.1, -0.05) is 29.8 Å². The van der Waals surface area contributed by atoms with Gasteiger partial charge in [-0.15, -0.1) is 0 Å². The van der Waals surface area contributed by atoms with Crippen LogP contribution in [0.25, 0.3) is 10.9 Å². The van der Waals surface area contributed by atoms with Crippen molar-refractivity contribution < 1.29 is 9.53 Å². The van der Waals surface area contributed by atoms with Gasteiger partial charge in [-0.2, -0.15) is 0 Å². The molecule has 1 aromatic carbocycles. The number of rotatable bonds is 6. The summed E-state index contributed by atoms with van der Waals surface area (Å²) in [6, 6.07) is 9.96. The van der Waals surface area contributed by atoms with E-state index in [0.29, 0.717) is 17.5 Å². The van der Waals surface area contributed by atoms with Crippen LogP contribution in [-0.4, -0.2) is 49.1 Å². The van der Waals surface area contributed by atoms with Crippen molar-refractivity contribution in [1.82, 2.24) is 15.2 Å². The fourth-order valence-corrected chi connectivity index (χ4v) is 3.36. The largest absolute Gasteiger partial charge is 0.375 e. The van der Waals surface area contributed by atoms with Gasteiger partial charge in [-0.3, -0.25) is 9.69 Å². The summed E-state index contributed by atoms with van der Waals surface area (Å²) in [6.07, 6.45) is 1.08. The molecule has 1 fully saturated rings. The van der Waals surface area contributed by atoms with Crippen molar-refractivity contribution in [2.45, 2.75) is 13.0 Å². The Labute approximate surface area is 146 Å². The molecule has 0 unspecified atom stereocenters. The molecule has 0 spiro atoms. The smallest absolute Gasteiger partial charge is 0.245 e. The molecule has 24 heavy (non-hydrogen) atoms. The summed E-state index contributed by atoms with van der Waals surface area (Å²) < 4.78 is 4.82. The maximum Gasteiger partial charge on any atom is 0.245 e. The standard InChI is InChI=1S/C18H22ClN3O2/c1-24-12-17(23)20-9-13-7-8-22(10-13)11-15-6-5-14-3-2-4-16(19)18(14)21-15/h2-6,13H,7-12H2,1H3,(H,20,23)/t13-/m1/s1. The number of fused-ring (bicyclic) bond motifs is 1. The quantitative estimate of drug-likeness (QED) is 0.872. The number of hydrogen-bond donors (Lipinski definition) is 1. The van der Waals surface area contributed by atoms with Crippen molar-refractivity contribution in [3.63, 3.8) is 0 Å². The fourth-order valence-electron chi connectivity index (χ4n) is 3.13. The minimum absolute atomic E-state index is 0.0539. The van der Waals surface area contributed by atoms with Gasteiger partial charge in [0.2, 0.25) is 5.91 Å². The lowest BCUT2D eigenvalue weighted by molar-refractivity contribution is -0.124. The number of pyridine rings is 1. The Balaban J connectivity index is 1.55. The third-order valence-corrected chi connectivity index (χ3v) is 4.65. The van der Waals surface area contributed by atoms with Crippen LogP contribution in [0.4, 0.5) is 0 Å². The van der Waals surface area contributed by atoms with Gasteiger partial charge < -0.3 is 10.1 Å². The van der Waals surface area contributed by atoms with Crippen molar-refractivity contribution in [2.24, 2.45) is 5.92 Å². The molecule has 2 heterocycles. The zero-order valence-corrected chi connectivity index (χ0v) is 14.6. The van der Waals surface area contributed by atoms with Crippen molar-refractivity contribution >= 4 is 28.4 Å². The molecule has 1 N–H and O–H groups in total.